The van der Waals surface area contributed by atoms with Gasteiger partial charge in [-0.1, -0.05) is 11.6 Å². The third-order valence-corrected chi connectivity index (χ3v) is 3.18. The first-order chi connectivity index (χ1) is 8.29. The van der Waals surface area contributed by atoms with Gasteiger partial charge < -0.3 is 14.4 Å². The Balaban J connectivity index is 0. The Morgan fingerprint density at radius 2 is 1.95 bits per heavy atom. The van der Waals surface area contributed by atoms with E-state index in [0.29, 0.717) is 19.3 Å². The molecule has 0 aliphatic carbocycles. The number of ether oxygens (including phenoxy) is 1. The summed E-state index contributed by atoms with van der Waals surface area (Å²) in [5.74, 6) is 0. The number of hydrogen-bond acceptors (Lipinski definition) is 6. The summed E-state index contributed by atoms with van der Waals surface area (Å²) in [6, 6.07) is 0. The van der Waals surface area contributed by atoms with Crippen LogP contribution in [-0.2, 0) is 19.6 Å². The minimum absolute atomic E-state index is 0. The van der Waals surface area contributed by atoms with Gasteiger partial charge in [-0.2, -0.15) is 0 Å². The molecule has 0 bridgehead atoms. The first-order valence-corrected chi connectivity index (χ1v) is 6.76. The summed E-state index contributed by atoms with van der Waals surface area (Å²) in [7, 11) is -4.71. The predicted octanol–water partition coefficient (Wildman–Crippen LogP) is -2.30. The molecule has 1 unspecified atom stereocenters. The number of aliphatic hydroxyl groups excluding tert-OH is 1. The van der Waals surface area contributed by atoms with Gasteiger partial charge in [-0.05, 0) is 38.3 Å². The molecule has 0 saturated carbocycles. The van der Waals surface area contributed by atoms with E-state index in [2.05, 4.69) is 4.74 Å². The van der Waals surface area contributed by atoms with Crippen molar-refractivity contribution in [2.75, 3.05) is 6.61 Å². The van der Waals surface area contributed by atoms with Crippen LogP contribution in [0.1, 0.15) is 26.7 Å². The number of hydrogen-bond donors (Lipinski definition) is 1. The molecule has 0 spiro atoms. The van der Waals surface area contributed by atoms with E-state index in [1.54, 1.807) is 6.08 Å². The van der Waals surface area contributed by atoms with Crippen LogP contribution in [0.15, 0.2) is 23.3 Å². The van der Waals surface area contributed by atoms with E-state index in [1.807, 2.05) is 6.92 Å². The predicted molar refractivity (Wildman–Crippen MR) is 64.5 cm³/mol. The van der Waals surface area contributed by atoms with E-state index < -0.39 is 15.6 Å². The zero-order valence-electron chi connectivity index (χ0n) is 11.3. The number of carbonyl (C=O) groups is 1. The van der Waals surface area contributed by atoms with Crippen molar-refractivity contribution >= 4 is 16.6 Å². The molecule has 1 atom stereocenters. The summed E-state index contributed by atoms with van der Waals surface area (Å²) in [5.41, 5.74) is -0.914. The fourth-order valence-corrected chi connectivity index (χ4v) is 1.74. The second-order valence-corrected chi connectivity index (χ2v) is 5.24. The maximum absolute atomic E-state index is 10.5. The Labute approximate surface area is 135 Å². The van der Waals surface area contributed by atoms with Crippen molar-refractivity contribution in [3.63, 3.8) is 0 Å². The Bertz CT molecular complexity index is 426. The Morgan fingerprint density at radius 3 is 2.42 bits per heavy atom. The molecule has 0 saturated heterocycles. The Hall–Kier alpha value is -0.180. The largest absolute Gasteiger partial charge is 1.00 e. The van der Waals surface area contributed by atoms with E-state index in [0.717, 1.165) is 5.57 Å². The number of allylic oxidation sites excluding steroid dienone is 2. The molecule has 0 rings (SSSR count). The van der Waals surface area contributed by atoms with Gasteiger partial charge in [0.25, 0.3) is 6.47 Å². The molecule has 0 aromatic heterocycles. The first-order valence-electron chi connectivity index (χ1n) is 5.29. The molecule has 8 heteroatoms. The molecule has 0 heterocycles. The van der Waals surface area contributed by atoms with Crippen LogP contribution in [-0.4, -0.2) is 36.6 Å². The fraction of sp³-hybridized carbons (Fsp3) is 0.545. The van der Waals surface area contributed by atoms with Crippen molar-refractivity contribution in [2.24, 2.45) is 0 Å². The summed E-state index contributed by atoms with van der Waals surface area (Å²) in [4.78, 5) is 9.88. The Kier molecular flexibility index (Phi) is 11.8. The van der Waals surface area contributed by atoms with Gasteiger partial charge in [-0.15, -0.1) is 0 Å². The minimum Gasteiger partial charge on any atom is -0.746 e. The fourth-order valence-electron chi connectivity index (χ4n) is 1.19. The van der Waals surface area contributed by atoms with Crippen LogP contribution < -0.4 is 29.6 Å². The van der Waals surface area contributed by atoms with Crippen molar-refractivity contribution < 1.29 is 57.2 Å². The van der Waals surface area contributed by atoms with Crippen LogP contribution in [0, 0.1) is 0 Å². The third kappa shape index (κ3) is 10.3. The molecule has 0 aliphatic rings. The van der Waals surface area contributed by atoms with Crippen LogP contribution in [0.3, 0.4) is 0 Å². The van der Waals surface area contributed by atoms with Crippen LogP contribution in [0.5, 0.6) is 0 Å². The molecular weight excluding hydrogens is 283 g/mol. The SMILES string of the molecule is CC(=CCOC=O)CCC=C(C)C(O)S(=O)(=O)[O-].[Na+]. The summed E-state index contributed by atoms with van der Waals surface area (Å²) in [6.07, 6.45) is 4.32. The summed E-state index contributed by atoms with van der Waals surface area (Å²) >= 11 is 0. The van der Waals surface area contributed by atoms with Crippen molar-refractivity contribution in [1.29, 1.82) is 0 Å². The maximum Gasteiger partial charge on any atom is 1.00 e. The molecule has 0 aromatic carbocycles. The number of carbonyl (C=O) groups excluding carboxylic acids is 1. The minimum atomic E-state index is -4.71. The second-order valence-electron chi connectivity index (χ2n) is 3.81. The van der Waals surface area contributed by atoms with Gasteiger partial charge in [0.05, 0.1) is 0 Å². The normalized spacial score (nSPS) is 14.5. The number of rotatable bonds is 8. The standard InChI is InChI=1S/C11H18O6S.Na/c1-9(6-7-17-8-12)4-3-5-10(2)11(13)18(14,15)16;/h5-6,8,11,13H,3-4,7H2,1-2H3,(H,14,15,16);/q;+1/p-1. The van der Waals surface area contributed by atoms with E-state index >= 15 is 0 Å². The Morgan fingerprint density at radius 1 is 1.37 bits per heavy atom. The van der Waals surface area contributed by atoms with E-state index in [-0.39, 0.29) is 41.7 Å². The molecular formula is C11H17NaO6S. The average molecular weight is 300 g/mol. The molecule has 0 aromatic rings. The third-order valence-electron chi connectivity index (χ3n) is 2.26. The molecule has 19 heavy (non-hydrogen) atoms. The maximum atomic E-state index is 10.5. The van der Waals surface area contributed by atoms with Gasteiger partial charge >= 0.3 is 29.6 Å². The summed E-state index contributed by atoms with van der Waals surface area (Å²) < 4.78 is 36.1. The molecule has 1 N–H and O–H groups in total. The molecule has 0 radical (unpaired) electrons. The van der Waals surface area contributed by atoms with Gasteiger partial charge in [0.15, 0.2) is 5.44 Å². The van der Waals surface area contributed by atoms with Crippen LogP contribution in [0.4, 0.5) is 0 Å². The van der Waals surface area contributed by atoms with E-state index in [1.165, 1.54) is 13.0 Å². The summed E-state index contributed by atoms with van der Waals surface area (Å²) in [5, 5.41) is 9.15. The summed E-state index contributed by atoms with van der Waals surface area (Å²) in [6.45, 7) is 3.76. The molecule has 0 fully saturated rings. The smallest absolute Gasteiger partial charge is 0.746 e. The van der Waals surface area contributed by atoms with Crippen LogP contribution in [0.25, 0.3) is 0 Å². The average Bonchev–Trinajstić information content (AvgIpc) is 2.27. The quantitative estimate of drug-likeness (QED) is 0.178. The van der Waals surface area contributed by atoms with Gasteiger partial charge in [-0.25, -0.2) is 8.42 Å². The van der Waals surface area contributed by atoms with Gasteiger partial charge in [0.2, 0.25) is 0 Å². The topological polar surface area (TPSA) is 104 Å². The molecule has 0 aliphatic heterocycles. The van der Waals surface area contributed by atoms with E-state index in [9.17, 15) is 17.8 Å². The zero-order valence-corrected chi connectivity index (χ0v) is 14.1. The van der Waals surface area contributed by atoms with Gasteiger partial charge in [-0.3, -0.25) is 4.79 Å². The van der Waals surface area contributed by atoms with Gasteiger partial charge in [0, 0.05) is 0 Å². The first kappa shape index (κ1) is 21.1. The van der Waals surface area contributed by atoms with Crippen molar-refractivity contribution in [1.82, 2.24) is 0 Å². The zero-order chi connectivity index (χ0) is 14.2. The van der Waals surface area contributed by atoms with Crippen molar-refractivity contribution in [3.05, 3.63) is 23.3 Å². The van der Waals surface area contributed by atoms with Crippen LogP contribution in [0.2, 0.25) is 0 Å². The molecule has 6 nitrogen and oxygen atoms in total. The van der Waals surface area contributed by atoms with Crippen molar-refractivity contribution in [3.8, 4) is 0 Å². The van der Waals surface area contributed by atoms with E-state index in [4.69, 9.17) is 5.11 Å². The monoisotopic (exact) mass is 300 g/mol. The number of aliphatic hydroxyl groups is 1. The van der Waals surface area contributed by atoms with Crippen LogP contribution >= 0.6 is 0 Å². The molecule has 104 valence electrons. The van der Waals surface area contributed by atoms with Crippen molar-refractivity contribution in [2.45, 2.75) is 32.1 Å². The molecule has 0 amide bonds. The second kappa shape index (κ2) is 10.6. The van der Waals surface area contributed by atoms with Gasteiger partial charge in [0.1, 0.15) is 16.7 Å².